The zero-order valence-electron chi connectivity index (χ0n) is 33.9. The Hall–Kier alpha value is -6.29. The van der Waals surface area contributed by atoms with Crippen LogP contribution in [-0.4, -0.2) is 62.7 Å². The van der Waals surface area contributed by atoms with Crippen molar-refractivity contribution in [3.63, 3.8) is 0 Å². The fraction of sp³-hybridized carbons (Fsp3) is 0.298. The summed E-state index contributed by atoms with van der Waals surface area (Å²) < 4.78 is 18.9. The molecule has 0 bridgehead atoms. The van der Waals surface area contributed by atoms with Crippen molar-refractivity contribution in [2.24, 2.45) is 0 Å². The lowest BCUT2D eigenvalue weighted by Gasteiger charge is -2.18. The Bertz CT molecular complexity index is 2380. The van der Waals surface area contributed by atoms with Crippen molar-refractivity contribution in [2.45, 2.75) is 77.9 Å². The summed E-state index contributed by atoms with van der Waals surface area (Å²) in [5, 5.41) is 59.6. The number of aliphatic carboxylic acids is 2. The number of benzene rings is 4. The van der Waals surface area contributed by atoms with Crippen molar-refractivity contribution in [3.8, 4) is 51.9 Å². The highest BCUT2D eigenvalue weighted by atomic mass is 79.9. The summed E-state index contributed by atoms with van der Waals surface area (Å²) >= 11 is 3.58. The number of rotatable bonds is 22. The molecule has 13 nitrogen and oxygen atoms in total. The normalized spacial score (nSPS) is 11.9. The molecule has 5 aromatic rings. The highest BCUT2D eigenvalue weighted by molar-refractivity contribution is 9.10. The number of aliphatic hydroxyl groups is 2. The zero-order chi connectivity index (χ0) is 43.9. The third-order valence-corrected chi connectivity index (χ3v) is 10.5. The summed E-state index contributed by atoms with van der Waals surface area (Å²) in [5.41, 5.74) is 9.12. The fourth-order valence-corrected chi connectivity index (χ4v) is 7.25. The smallest absolute Gasteiger partial charge is 0.306 e. The number of pyridine rings is 1. The first-order chi connectivity index (χ1) is 29.3. The average Bonchev–Trinajstić information content (AvgIpc) is 3.23. The first kappa shape index (κ1) is 45.8. The standard InChI is InChI=1S/C47H47BrN4O9/c1-29-35(7-5-10-41(29)42-11-6-9-40(30(42)2)34-12-14-39(15-13-34)59-16-4-3-8-37(53)21-44(55)56)28-61-47-43(48)20-36(25-51-26-38(54)22-45(57)58)46(52-47)60-27-33-18-31(23-49)17-32(19-33)24-50/h5-7,9-15,17-20,37-38,51,53-54H,3-4,8,16,21-22,25-28H2,1-2H3,(H,55,56)(H,57,58)/t37-,38+/m1/s1. The van der Waals surface area contributed by atoms with E-state index in [0.29, 0.717) is 52.6 Å². The van der Waals surface area contributed by atoms with Gasteiger partial charge in [0.1, 0.15) is 19.0 Å². The number of halogens is 1. The second kappa shape index (κ2) is 22.4. The summed E-state index contributed by atoms with van der Waals surface area (Å²) in [6.07, 6.45) is -0.817. The Kier molecular flexibility index (Phi) is 16.8. The Morgan fingerprint density at radius 3 is 2.03 bits per heavy atom. The molecule has 61 heavy (non-hydrogen) atoms. The van der Waals surface area contributed by atoms with Crippen molar-refractivity contribution in [2.75, 3.05) is 13.2 Å². The molecule has 0 fully saturated rings. The van der Waals surface area contributed by atoms with Crippen molar-refractivity contribution in [3.05, 3.63) is 128 Å². The number of hydrogen-bond acceptors (Lipinski definition) is 11. The highest BCUT2D eigenvalue weighted by Gasteiger charge is 2.18. The minimum atomic E-state index is -1.11. The van der Waals surface area contributed by atoms with Gasteiger partial charge in [-0.3, -0.25) is 9.59 Å². The van der Waals surface area contributed by atoms with E-state index < -0.39 is 30.6 Å². The van der Waals surface area contributed by atoms with Gasteiger partial charge >= 0.3 is 11.9 Å². The van der Waals surface area contributed by atoms with Gasteiger partial charge in [-0.2, -0.15) is 15.5 Å². The maximum Gasteiger partial charge on any atom is 0.306 e. The minimum absolute atomic E-state index is 0.00430. The summed E-state index contributed by atoms with van der Waals surface area (Å²) in [4.78, 5) is 26.5. The second-order valence-electron chi connectivity index (χ2n) is 14.5. The van der Waals surface area contributed by atoms with E-state index in [2.05, 4.69) is 65.4 Å². The predicted molar refractivity (Wildman–Crippen MR) is 231 cm³/mol. The van der Waals surface area contributed by atoms with Crippen LogP contribution in [0, 0.1) is 36.5 Å². The lowest BCUT2D eigenvalue weighted by atomic mass is 9.89. The third kappa shape index (κ3) is 13.4. The Morgan fingerprint density at radius 2 is 1.36 bits per heavy atom. The number of nitriles is 2. The summed E-state index contributed by atoms with van der Waals surface area (Å²) in [5.74, 6) is -0.920. The molecule has 2 atom stereocenters. The molecule has 316 valence electrons. The van der Waals surface area contributed by atoms with Crippen LogP contribution in [-0.2, 0) is 29.3 Å². The number of nitrogens with one attached hydrogen (secondary N) is 1. The molecule has 1 heterocycles. The number of carboxylic acid groups (broad SMARTS) is 2. The first-order valence-corrected chi connectivity index (χ1v) is 20.5. The van der Waals surface area contributed by atoms with Gasteiger partial charge in [0.15, 0.2) is 0 Å². The zero-order valence-corrected chi connectivity index (χ0v) is 35.4. The Labute approximate surface area is 362 Å². The highest BCUT2D eigenvalue weighted by Crippen LogP contribution is 2.36. The van der Waals surface area contributed by atoms with Gasteiger partial charge in [-0.05, 0) is 130 Å². The van der Waals surface area contributed by atoms with E-state index in [1.165, 1.54) is 6.07 Å². The van der Waals surface area contributed by atoms with Crippen LogP contribution < -0.4 is 19.5 Å². The molecule has 0 aliphatic carbocycles. The average molecular weight is 892 g/mol. The molecule has 14 heteroatoms. The molecule has 0 radical (unpaired) electrons. The molecular formula is C47H47BrN4O9. The van der Waals surface area contributed by atoms with Crippen LogP contribution in [0.25, 0.3) is 22.3 Å². The van der Waals surface area contributed by atoms with Gasteiger partial charge in [0, 0.05) is 18.7 Å². The monoisotopic (exact) mass is 890 g/mol. The maximum absolute atomic E-state index is 11.0. The van der Waals surface area contributed by atoms with Crippen LogP contribution >= 0.6 is 15.9 Å². The van der Waals surface area contributed by atoms with E-state index in [9.17, 15) is 30.3 Å². The van der Waals surface area contributed by atoms with Crippen LogP contribution in [0.1, 0.15) is 71.0 Å². The van der Waals surface area contributed by atoms with E-state index in [-0.39, 0.29) is 44.5 Å². The minimum Gasteiger partial charge on any atom is -0.494 e. The molecule has 0 saturated carbocycles. The van der Waals surface area contributed by atoms with Crippen molar-refractivity contribution in [1.29, 1.82) is 10.5 Å². The van der Waals surface area contributed by atoms with E-state index >= 15 is 0 Å². The van der Waals surface area contributed by atoms with Crippen LogP contribution in [0.3, 0.4) is 0 Å². The molecule has 5 N–H and O–H groups in total. The van der Waals surface area contributed by atoms with Gasteiger partial charge in [-0.25, -0.2) is 0 Å². The number of carbonyl (C=O) groups is 2. The van der Waals surface area contributed by atoms with Gasteiger partial charge < -0.3 is 40.0 Å². The molecule has 0 unspecified atom stereocenters. The lowest BCUT2D eigenvalue weighted by molar-refractivity contribution is -0.140. The largest absolute Gasteiger partial charge is 0.494 e. The number of nitrogens with zero attached hydrogens (tertiary/aromatic N) is 3. The molecule has 0 spiro atoms. The molecule has 1 aromatic heterocycles. The molecule has 0 amide bonds. The molecule has 5 rings (SSSR count). The predicted octanol–water partition coefficient (Wildman–Crippen LogP) is 8.01. The van der Waals surface area contributed by atoms with Gasteiger partial charge in [-0.1, -0.05) is 48.5 Å². The SMILES string of the molecule is Cc1c(COc2nc(OCc3cc(C#N)cc(C#N)c3)c(CNC[C@@H](O)CC(=O)O)cc2Br)cccc1-c1cccc(-c2ccc(OCCCC[C@@H](O)CC(=O)O)cc2)c1C. The molecular weight excluding hydrogens is 844 g/mol. The maximum atomic E-state index is 11.0. The summed E-state index contributed by atoms with van der Waals surface area (Å²) in [6, 6.07) is 30.8. The van der Waals surface area contributed by atoms with E-state index in [1.54, 1.807) is 18.2 Å². The third-order valence-electron chi connectivity index (χ3n) is 9.93. The summed E-state index contributed by atoms with van der Waals surface area (Å²) in [7, 11) is 0. The molecule has 0 aliphatic heterocycles. The van der Waals surface area contributed by atoms with E-state index in [4.69, 9.17) is 29.4 Å². The van der Waals surface area contributed by atoms with Crippen LogP contribution in [0.15, 0.2) is 89.4 Å². The van der Waals surface area contributed by atoms with Crippen molar-refractivity contribution >= 4 is 27.9 Å². The number of unbranched alkanes of at least 4 members (excludes halogenated alkanes) is 1. The van der Waals surface area contributed by atoms with Gasteiger partial charge in [0.2, 0.25) is 11.8 Å². The van der Waals surface area contributed by atoms with E-state index in [1.807, 2.05) is 42.5 Å². The Balaban J connectivity index is 1.30. The van der Waals surface area contributed by atoms with Crippen LogP contribution in [0.5, 0.6) is 17.5 Å². The number of ether oxygens (including phenoxy) is 3. The molecule has 0 aliphatic rings. The van der Waals surface area contributed by atoms with Crippen molar-refractivity contribution < 1.29 is 44.2 Å². The number of carboxylic acids is 2. The van der Waals surface area contributed by atoms with Crippen molar-refractivity contribution in [1.82, 2.24) is 10.3 Å². The van der Waals surface area contributed by atoms with Crippen LogP contribution in [0.4, 0.5) is 0 Å². The van der Waals surface area contributed by atoms with Gasteiger partial charge in [0.05, 0.1) is 59.4 Å². The number of aliphatic hydroxyl groups excluding tert-OH is 2. The topological polar surface area (TPSA) is 215 Å². The van der Waals surface area contributed by atoms with Gasteiger partial charge in [-0.15, -0.1) is 0 Å². The quantitative estimate of drug-likeness (QED) is 0.0417. The first-order valence-electron chi connectivity index (χ1n) is 19.7. The number of hydrogen-bond donors (Lipinski definition) is 5. The molecule has 0 saturated heterocycles. The second-order valence-corrected chi connectivity index (χ2v) is 15.4. The fourth-order valence-electron chi connectivity index (χ4n) is 6.77. The Morgan fingerprint density at radius 1 is 0.738 bits per heavy atom. The van der Waals surface area contributed by atoms with E-state index in [0.717, 1.165) is 44.7 Å². The van der Waals surface area contributed by atoms with Gasteiger partial charge in [0.25, 0.3) is 0 Å². The lowest BCUT2D eigenvalue weighted by Crippen LogP contribution is -2.28. The number of aromatic nitrogens is 1. The summed E-state index contributed by atoms with van der Waals surface area (Å²) in [6.45, 7) is 4.99. The van der Waals surface area contributed by atoms with Crippen LogP contribution in [0.2, 0.25) is 0 Å². The molecule has 4 aromatic carbocycles.